The average molecular weight is 251 g/mol. The van der Waals surface area contributed by atoms with E-state index >= 15 is 0 Å². The van der Waals surface area contributed by atoms with Crippen LogP contribution in [-0.2, 0) is 4.79 Å². The Bertz CT molecular complexity index is 407. The first-order valence-electron chi connectivity index (χ1n) is 6.03. The van der Waals surface area contributed by atoms with Crippen molar-refractivity contribution in [2.45, 2.75) is 13.3 Å². The van der Waals surface area contributed by atoms with Crippen LogP contribution in [0.25, 0.3) is 0 Å². The fraction of sp³-hybridized carbons (Fsp3) is 0.462. The number of para-hydroxylation sites is 1. The molecular formula is C13H21N3O2. The Labute approximate surface area is 108 Å². The topological polar surface area (TPSA) is 67.6 Å². The normalized spacial score (nSPS) is 9.94. The summed E-state index contributed by atoms with van der Waals surface area (Å²) in [6.45, 7) is 2.93. The predicted octanol–water partition coefficient (Wildman–Crippen LogP) is 1.24. The van der Waals surface area contributed by atoms with E-state index in [0.717, 1.165) is 12.1 Å². The molecule has 5 nitrogen and oxygen atoms in total. The Hall–Kier alpha value is -1.91. The Morgan fingerprint density at radius 1 is 1.50 bits per heavy atom. The van der Waals surface area contributed by atoms with Crippen molar-refractivity contribution in [3.8, 4) is 5.75 Å². The lowest BCUT2D eigenvalue weighted by atomic mass is 10.2. The third-order valence-electron chi connectivity index (χ3n) is 2.58. The van der Waals surface area contributed by atoms with Crippen LogP contribution in [0.5, 0.6) is 5.75 Å². The third-order valence-corrected chi connectivity index (χ3v) is 2.58. The molecule has 0 atom stereocenters. The van der Waals surface area contributed by atoms with Gasteiger partial charge in [0.2, 0.25) is 5.91 Å². The van der Waals surface area contributed by atoms with E-state index in [1.54, 1.807) is 11.9 Å². The molecule has 1 aromatic rings. The molecule has 0 aliphatic heterocycles. The lowest BCUT2D eigenvalue weighted by Crippen LogP contribution is -2.33. The highest BCUT2D eigenvalue weighted by Gasteiger charge is 2.12. The Kier molecular flexibility index (Phi) is 5.30. The van der Waals surface area contributed by atoms with E-state index in [1.165, 1.54) is 0 Å². The van der Waals surface area contributed by atoms with Gasteiger partial charge in [0.1, 0.15) is 5.75 Å². The molecule has 0 unspecified atom stereocenters. The van der Waals surface area contributed by atoms with Gasteiger partial charge in [-0.05, 0) is 18.6 Å². The largest absolute Gasteiger partial charge is 0.491 e. The number of nitrogens with two attached hydrogens (primary N) is 1. The minimum absolute atomic E-state index is 0.0585. The van der Waals surface area contributed by atoms with Crippen molar-refractivity contribution in [3.05, 3.63) is 18.2 Å². The van der Waals surface area contributed by atoms with Gasteiger partial charge < -0.3 is 20.7 Å². The van der Waals surface area contributed by atoms with Crippen LogP contribution in [0.3, 0.4) is 0 Å². The number of nitrogens with zero attached hydrogens (tertiary/aromatic N) is 1. The van der Waals surface area contributed by atoms with E-state index in [0.29, 0.717) is 18.0 Å². The third kappa shape index (κ3) is 3.55. The molecule has 100 valence electrons. The van der Waals surface area contributed by atoms with Gasteiger partial charge >= 0.3 is 0 Å². The Morgan fingerprint density at radius 3 is 2.83 bits per heavy atom. The molecule has 1 aromatic carbocycles. The van der Waals surface area contributed by atoms with E-state index in [1.807, 2.05) is 32.2 Å². The number of carbonyl (C=O) groups is 1. The van der Waals surface area contributed by atoms with Crippen molar-refractivity contribution in [2.24, 2.45) is 0 Å². The van der Waals surface area contributed by atoms with E-state index in [9.17, 15) is 4.79 Å². The smallest absolute Gasteiger partial charge is 0.239 e. The molecule has 0 saturated carbocycles. The molecule has 0 radical (unpaired) electrons. The lowest BCUT2D eigenvalue weighted by molar-refractivity contribution is -0.119. The van der Waals surface area contributed by atoms with Crippen LogP contribution < -0.4 is 20.7 Å². The molecule has 0 aromatic heterocycles. The maximum Gasteiger partial charge on any atom is 0.239 e. The van der Waals surface area contributed by atoms with E-state index in [4.69, 9.17) is 10.5 Å². The van der Waals surface area contributed by atoms with E-state index < -0.39 is 0 Å². The minimum atomic E-state index is -0.0585. The summed E-state index contributed by atoms with van der Waals surface area (Å²) < 4.78 is 5.56. The molecule has 1 amide bonds. The number of amides is 1. The van der Waals surface area contributed by atoms with Gasteiger partial charge in [0.25, 0.3) is 0 Å². The number of anilines is 2. The molecule has 1 rings (SSSR count). The number of carbonyl (C=O) groups excluding carboxylic acids is 1. The summed E-state index contributed by atoms with van der Waals surface area (Å²) in [5, 5.41) is 2.58. The molecule has 18 heavy (non-hydrogen) atoms. The van der Waals surface area contributed by atoms with Crippen LogP contribution in [0.2, 0.25) is 0 Å². The number of hydrogen-bond donors (Lipinski definition) is 2. The zero-order chi connectivity index (χ0) is 13.5. The second kappa shape index (κ2) is 6.74. The number of nitrogen functional groups attached to an aromatic ring is 1. The molecule has 3 N–H and O–H groups in total. The molecule has 0 aliphatic carbocycles. The quantitative estimate of drug-likeness (QED) is 0.746. The van der Waals surface area contributed by atoms with Gasteiger partial charge in [-0.15, -0.1) is 0 Å². The second-order valence-electron chi connectivity index (χ2n) is 4.07. The van der Waals surface area contributed by atoms with Crippen molar-refractivity contribution in [1.29, 1.82) is 0 Å². The van der Waals surface area contributed by atoms with Crippen molar-refractivity contribution < 1.29 is 9.53 Å². The van der Waals surface area contributed by atoms with Gasteiger partial charge in [-0.2, -0.15) is 0 Å². The minimum Gasteiger partial charge on any atom is -0.491 e. The number of likely N-dealkylation sites (N-methyl/N-ethyl adjacent to an activating group) is 2. The van der Waals surface area contributed by atoms with Gasteiger partial charge in [-0.3, -0.25) is 4.79 Å². The first-order valence-corrected chi connectivity index (χ1v) is 6.03. The predicted molar refractivity (Wildman–Crippen MR) is 74.0 cm³/mol. The molecule has 0 saturated heterocycles. The van der Waals surface area contributed by atoms with Crippen LogP contribution >= 0.6 is 0 Å². The summed E-state index contributed by atoms with van der Waals surface area (Å²) in [7, 11) is 3.44. The van der Waals surface area contributed by atoms with Crippen molar-refractivity contribution in [3.63, 3.8) is 0 Å². The first-order chi connectivity index (χ1) is 8.60. The molecular weight excluding hydrogens is 230 g/mol. The van der Waals surface area contributed by atoms with Crippen molar-refractivity contribution in [1.82, 2.24) is 5.32 Å². The van der Waals surface area contributed by atoms with Crippen LogP contribution in [0.15, 0.2) is 18.2 Å². The molecule has 0 bridgehead atoms. The van der Waals surface area contributed by atoms with Gasteiger partial charge in [-0.25, -0.2) is 0 Å². The summed E-state index contributed by atoms with van der Waals surface area (Å²) >= 11 is 0. The molecule has 0 heterocycles. The van der Waals surface area contributed by atoms with Gasteiger partial charge in [0.15, 0.2) is 0 Å². The average Bonchev–Trinajstić information content (AvgIpc) is 2.37. The van der Waals surface area contributed by atoms with Crippen molar-refractivity contribution in [2.75, 3.05) is 37.9 Å². The zero-order valence-corrected chi connectivity index (χ0v) is 11.2. The fourth-order valence-electron chi connectivity index (χ4n) is 1.58. The number of nitrogens with one attached hydrogen (secondary N) is 1. The lowest BCUT2D eigenvalue weighted by Gasteiger charge is -2.21. The highest BCUT2D eigenvalue weighted by atomic mass is 16.5. The number of ether oxygens (including phenoxy) is 1. The molecule has 0 aliphatic rings. The van der Waals surface area contributed by atoms with E-state index in [-0.39, 0.29) is 12.5 Å². The van der Waals surface area contributed by atoms with Gasteiger partial charge in [0.05, 0.1) is 24.5 Å². The SMILES string of the molecule is CCCOc1cccc(N(C)CC(=O)NC)c1N. The first kappa shape index (κ1) is 14.2. The van der Waals surface area contributed by atoms with Crippen LogP contribution in [0.4, 0.5) is 11.4 Å². The van der Waals surface area contributed by atoms with Crippen LogP contribution in [0, 0.1) is 0 Å². The number of hydrogen-bond acceptors (Lipinski definition) is 4. The summed E-state index contributed by atoms with van der Waals surface area (Å²) in [4.78, 5) is 13.1. The number of benzene rings is 1. The monoisotopic (exact) mass is 251 g/mol. The van der Waals surface area contributed by atoms with Gasteiger partial charge in [0, 0.05) is 14.1 Å². The standard InChI is InChI=1S/C13H21N3O2/c1-4-8-18-11-7-5-6-10(13(11)14)16(3)9-12(17)15-2/h5-7H,4,8-9,14H2,1-3H3,(H,15,17). The molecule has 5 heteroatoms. The summed E-state index contributed by atoms with van der Waals surface area (Å²) in [6, 6.07) is 5.58. The summed E-state index contributed by atoms with van der Waals surface area (Å²) in [6.07, 6.45) is 0.928. The highest BCUT2D eigenvalue weighted by Crippen LogP contribution is 2.31. The zero-order valence-electron chi connectivity index (χ0n) is 11.2. The van der Waals surface area contributed by atoms with Crippen LogP contribution in [0.1, 0.15) is 13.3 Å². The van der Waals surface area contributed by atoms with Gasteiger partial charge in [-0.1, -0.05) is 13.0 Å². The number of rotatable bonds is 6. The Morgan fingerprint density at radius 2 is 2.22 bits per heavy atom. The maximum atomic E-state index is 11.3. The Balaban J connectivity index is 2.85. The molecule has 0 spiro atoms. The highest BCUT2D eigenvalue weighted by molar-refractivity contribution is 5.83. The summed E-state index contributed by atoms with van der Waals surface area (Å²) in [5.41, 5.74) is 7.41. The summed E-state index contributed by atoms with van der Waals surface area (Å²) in [5.74, 6) is 0.606. The van der Waals surface area contributed by atoms with Crippen LogP contribution in [-0.4, -0.2) is 33.2 Å². The van der Waals surface area contributed by atoms with E-state index in [2.05, 4.69) is 5.32 Å². The fourth-order valence-corrected chi connectivity index (χ4v) is 1.58. The maximum absolute atomic E-state index is 11.3. The van der Waals surface area contributed by atoms with Crippen molar-refractivity contribution >= 4 is 17.3 Å². The second-order valence-corrected chi connectivity index (χ2v) is 4.07. The molecule has 0 fully saturated rings.